The number of nitrogens with zero attached hydrogens (tertiary/aromatic N) is 2. The van der Waals surface area contributed by atoms with Gasteiger partial charge >= 0.3 is 5.97 Å². The second kappa shape index (κ2) is 8.46. The predicted molar refractivity (Wildman–Crippen MR) is 82.8 cm³/mol. The Bertz CT molecular complexity index is 464. The minimum absolute atomic E-state index is 0.181. The summed E-state index contributed by atoms with van der Waals surface area (Å²) in [5, 5.41) is 0. The van der Waals surface area contributed by atoms with Crippen LogP contribution in [0.2, 0.25) is 0 Å². The lowest BCUT2D eigenvalue weighted by atomic mass is 10.2. The summed E-state index contributed by atoms with van der Waals surface area (Å²) in [4.78, 5) is 17.8. The SMILES string of the molecule is COC(=O)CCN(Cc1cncc(Br)c1)CC1CCCO1. The Morgan fingerprint density at radius 3 is 3.10 bits per heavy atom. The molecule has 1 fully saturated rings. The first-order valence-electron chi connectivity index (χ1n) is 7.17. The van der Waals surface area contributed by atoms with E-state index in [1.54, 1.807) is 6.20 Å². The van der Waals surface area contributed by atoms with Gasteiger partial charge in [-0.3, -0.25) is 14.7 Å². The second-order valence-electron chi connectivity index (χ2n) is 5.21. The summed E-state index contributed by atoms with van der Waals surface area (Å²) in [5.41, 5.74) is 1.12. The lowest BCUT2D eigenvalue weighted by Crippen LogP contribution is -2.33. The molecule has 0 saturated carbocycles. The van der Waals surface area contributed by atoms with Crippen LogP contribution in [-0.2, 0) is 20.8 Å². The molecule has 2 rings (SSSR count). The van der Waals surface area contributed by atoms with Crippen LogP contribution in [0.4, 0.5) is 0 Å². The largest absolute Gasteiger partial charge is 0.469 e. The maximum atomic E-state index is 11.4. The molecule has 0 aliphatic carbocycles. The van der Waals surface area contributed by atoms with Gasteiger partial charge in [-0.15, -0.1) is 0 Å². The van der Waals surface area contributed by atoms with Gasteiger partial charge < -0.3 is 9.47 Å². The van der Waals surface area contributed by atoms with Gasteiger partial charge in [0.25, 0.3) is 0 Å². The Morgan fingerprint density at radius 2 is 2.43 bits per heavy atom. The van der Waals surface area contributed by atoms with Crippen LogP contribution < -0.4 is 0 Å². The Hall–Kier alpha value is -0.980. The summed E-state index contributed by atoms with van der Waals surface area (Å²) < 4.78 is 11.4. The fraction of sp³-hybridized carbons (Fsp3) is 0.600. The minimum atomic E-state index is -0.181. The third-order valence-corrected chi connectivity index (χ3v) is 3.95. The molecule has 5 nitrogen and oxygen atoms in total. The molecule has 1 atom stereocenters. The van der Waals surface area contributed by atoms with E-state index < -0.39 is 0 Å². The van der Waals surface area contributed by atoms with Gasteiger partial charge in [0.05, 0.1) is 19.6 Å². The Labute approximate surface area is 133 Å². The molecule has 1 unspecified atom stereocenters. The monoisotopic (exact) mass is 356 g/mol. The fourth-order valence-corrected chi connectivity index (χ4v) is 2.88. The summed E-state index contributed by atoms with van der Waals surface area (Å²) in [6, 6.07) is 2.05. The molecule has 0 spiro atoms. The number of hydrogen-bond donors (Lipinski definition) is 0. The molecule has 1 saturated heterocycles. The minimum Gasteiger partial charge on any atom is -0.469 e. The highest BCUT2D eigenvalue weighted by Crippen LogP contribution is 2.16. The van der Waals surface area contributed by atoms with Gasteiger partial charge in [-0.25, -0.2) is 0 Å². The molecule has 21 heavy (non-hydrogen) atoms. The maximum absolute atomic E-state index is 11.4. The van der Waals surface area contributed by atoms with Gasteiger partial charge in [0.15, 0.2) is 0 Å². The van der Waals surface area contributed by atoms with Crippen LogP contribution in [0.15, 0.2) is 22.9 Å². The average Bonchev–Trinajstić information content (AvgIpc) is 2.97. The number of rotatable bonds is 7. The van der Waals surface area contributed by atoms with E-state index in [1.165, 1.54) is 7.11 Å². The van der Waals surface area contributed by atoms with Crippen molar-refractivity contribution in [2.24, 2.45) is 0 Å². The lowest BCUT2D eigenvalue weighted by Gasteiger charge is -2.24. The summed E-state index contributed by atoms with van der Waals surface area (Å²) in [5.74, 6) is -0.181. The van der Waals surface area contributed by atoms with Gasteiger partial charge in [-0.05, 0) is 40.4 Å². The zero-order chi connectivity index (χ0) is 15.1. The highest BCUT2D eigenvalue weighted by atomic mass is 79.9. The summed E-state index contributed by atoms with van der Waals surface area (Å²) >= 11 is 3.43. The van der Waals surface area contributed by atoms with E-state index in [0.29, 0.717) is 13.0 Å². The van der Waals surface area contributed by atoms with E-state index in [0.717, 1.165) is 42.6 Å². The van der Waals surface area contributed by atoms with Crippen LogP contribution in [0, 0.1) is 0 Å². The Kier molecular flexibility index (Phi) is 6.60. The summed E-state index contributed by atoms with van der Waals surface area (Å²) in [7, 11) is 1.42. The van der Waals surface area contributed by atoms with Crippen LogP contribution in [0.25, 0.3) is 0 Å². The second-order valence-corrected chi connectivity index (χ2v) is 6.12. The van der Waals surface area contributed by atoms with Crippen molar-refractivity contribution < 1.29 is 14.3 Å². The van der Waals surface area contributed by atoms with E-state index in [1.807, 2.05) is 12.3 Å². The average molecular weight is 357 g/mol. The number of carbonyl (C=O) groups excluding carboxylic acids is 1. The molecule has 0 N–H and O–H groups in total. The van der Waals surface area contributed by atoms with Crippen molar-refractivity contribution in [2.75, 3.05) is 26.8 Å². The van der Waals surface area contributed by atoms with E-state index >= 15 is 0 Å². The van der Waals surface area contributed by atoms with Crippen LogP contribution >= 0.6 is 15.9 Å². The molecule has 0 radical (unpaired) electrons. The number of hydrogen-bond acceptors (Lipinski definition) is 5. The van der Waals surface area contributed by atoms with E-state index in [2.05, 4.69) is 25.8 Å². The molecule has 6 heteroatoms. The number of pyridine rings is 1. The van der Waals surface area contributed by atoms with Crippen molar-refractivity contribution in [1.29, 1.82) is 0 Å². The molecule has 0 aromatic carbocycles. The number of halogens is 1. The standard InChI is InChI=1S/C15H21BrN2O3/c1-20-15(19)4-5-18(11-14-3-2-6-21-14)10-12-7-13(16)9-17-8-12/h7-9,14H,2-6,10-11H2,1H3. The first-order valence-corrected chi connectivity index (χ1v) is 7.97. The van der Waals surface area contributed by atoms with Crippen LogP contribution in [0.5, 0.6) is 0 Å². The molecule has 0 bridgehead atoms. The lowest BCUT2D eigenvalue weighted by molar-refractivity contribution is -0.141. The van der Waals surface area contributed by atoms with Crippen LogP contribution in [-0.4, -0.2) is 48.8 Å². The van der Waals surface area contributed by atoms with E-state index in [9.17, 15) is 4.79 Å². The maximum Gasteiger partial charge on any atom is 0.306 e. The van der Waals surface area contributed by atoms with Gasteiger partial charge in [-0.2, -0.15) is 0 Å². The smallest absolute Gasteiger partial charge is 0.306 e. The topological polar surface area (TPSA) is 51.7 Å². The molecular weight excluding hydrogens is 336 g/mol. The Balaban J connectivity index is 1.94. The molecule has 116 valence electrons. The van der Waals surface area contributed by atoms with Crippen molar-refractivity contribution in [3.8, 4) is 0 Å². The van der Waals surface area contributed by atoms with E-state index in [-0.39, 0.29) is 12.1 Å². The number of esters is 1. The fourth-order valence-electron chi connectivity index (χ4n) is 2.46. The summed E-state index contributed by atoms with van der Waals surface area (Å²) in [6.07, 6.45) is 6.49. The molecule has 1 aromatic rings. The highest BCUT2D eigenvalue weighted by Gasteiger charge is 2.20. The molecule has 1 aromatic heterocycles. The third kappa shape index (κ3) is 5.73. The molecular formula is C15H21BrN2O3. The number of aromatic nitrogens is 1. The number of carbonyl (C=O) groups is 1. The van der Waals surface area contributed by atoms with Crippen LogP contribution in [0.3, 0.4) is 0 Å². The third-order valence-electron chi connectivity index (χ3n) is 3.51. The van der Waals surface area contributed by atoms with Gasteiger partial charge in [-0.1, -0.05) is 0 Å². The quantitative estimate of drug-likeness (QED) is 0.702. The molecule has 0 amide bonds. The number of methoxy groups -OCH3 is 1. The molecule has 2 heterocycles. The number of ether oxygens (including phenoxy) is 2. The van der Waals surface area contributed by atoms with Crippen molar-refractivity contribution in [3.63, 3.8) is 0 Å². The first kappa shape index (κ1) is 16.4. The van der Waals surface area contributed by atoms with Crippen LogP contribution in [0.1, 0.15) is 24.8 Å². The normalized spacial score (nSPS) is 18.1. The van der Waals surface area contributed by atoms with Crippen molar-refractivity contribution in [3.05, 3.63) is 28.5 Å². The summed E-state index contributed by atoms with van der Waals surface area (Å²) in [6.45, 7) is 3.10. The van der Waals surface area contributed by atoms with Crippen molar-refractivity contribution >= 4 is 21.9 Å². The van der Waals surface area contributed by atoms with Crippen molar-refractivity contribution in [1.82, 2.24) is 9.88 Å². The molecule has 1 aliphatic heterocycles. The van der Waals surface area contributed by atoms with Gasteiger partial charge in [0.2, 0.25) is 0 Å². The zero-order valence-corrected chi connectivity index (χ0v) is 13.8. The highest BCUT2D eigenvalue weighted by molar-refractivity contribution is 9.10. The zero-order valence-electron chi connectivity index (χ0n) is 12.3. The van der Waals surface area contributed by atoms with Crippen molar-refractivity contribution in [2.45, 2.75) is 31.9 Å². The first-order chi connectivity index (χ1) is 10.2. The predicted octanol–water partition coefficient (Wildman–Crippen LogP) is 2.39. The van der Waals surface area contributed by atoms with E-state index in [4.69, 9.17) is 9.47 Å². The Morgan fingerprint density at radius 1 is 1.57 bits per heavy atom. The molecule has 1 aliphatic rings. The van der Waals surface area contributed by atoms with Gasteiger partial charge in [0, 0.05) is 43.1 Å². The van der Waals surface area contributed by atoms with Gasteiger partial charge in [0.1, 0.15) is 0 Å².